The third-order valence-electron chi connectivity index (χ3n) is 2.90. The first-order valence-corrected chi connectivity index (χ1v) is 6.80. The highest BCUT2D eigenvalue weighted by atomic mass is 35.5. The van der Waals surface area contributed by atoms with Crippen LogP contribution in [0.3, 0.4) is 0 Å². The third-order valence-corrected chi connectivity index (χ3v) is 3.15. The van der Waals surface area contributed by atoms with Crippen molar-refractivity contribution in [3.63, 3.8) is 0 Å². The van der Waals surface area contributed by atoms with Gasteiger partial charge in [0, 0.05) is 28.3 Å². The fourth-order valence-corrected chi connectivity index (χ4v) is 1.89. The first kappa shape index (κ1) is 16.4. The van der Waals surface area contributed by atoms with Gasteiger partial charge in [-0.15, -0.1) is 0 Å². The second-order valence-corrected chi connectivity index (χ2v) is 4.83. The number of methoxy groups -OCH3 is 1. The number of ether oxygens (including phenoxy) is 1. The second-order valence-electron chi connectivity index (χ2n) is 4.39. The average Bonchev–Trinajstić information content (AvgIpc) is 2.55. The summed E-state index contributed by atoms with van der Waals surface area (Å²) in [6.07, 6.45) is 1.28. The molecule has 118 valence electrons. The highest BCUT2D eigenvalue weighted by molar-refractivity contribution is 6.30. The van der Waals surface area contributed by atoms with E-state index in [2.05, 4.69) is 10.5 Å². The molecule has 0 fully saturated rings. The Bertz CT molecular complexity index is 760. The van der Waals surface area contributed by atoms with Gasteiger partial charge in [-0.3, -0.25) is 14.9 Å². The Labute approximate surface area is 136 Å². The molecule has 2 aromatic rings. The van der Waals surface area contributed by atoms with Crippen molar-refractivity contribution in [1.29, 1.82) is 0 Å². The molecule has 2 aromatic carbocycles. The summed E-state index contributed by atoms with van der Waals surface area (Å²) in [6.45, 7) is 0. The molecule has 0 saturated carbocycles. The fraction of sp³-hybridized carbons (Fsp3) is 0.0667. The lowest BCUT2D eigenvalue weighted by Gasteiger charge is -2.04. The van der Waals surface area contributed by atoms with Gasteiger partial charge in [0.15, 0.2) is 0 Å². The van der Waals surface area contributed by atoms with Crippen LogP contribution >= 0.6 is 11.6 Å². The van der Waals surface area contributed by atoms with E-state index < -0.39 is 10.8 Å². The van der Waals surface area contributed by atoms with Crippen molar-refractivity contribution in [2.45, 2.75) is 0 Å². The number of nitro groups is 1. The number of carbonyl (C=O) groups excluding carboxylic acids is 1. The number of benzene rings is 2. The Morgan fingerprint density at radius 2 is 2.00 bits per heavy atom. The lowest BCUT2D eigenvalue weighted by atomic mass is 10.2. The van der Waals surface area contributed by atoms with Gasteiger partial charge in [-0.05, 0) is 30.3 Å². The molecule has 0 saturated heterocycles. The van der Waals surface area contributed by atoms with Crippen molar-refractivity contribution in [2.24, 2.45) is 5.10 Å². The highest BCUT2D eigenvalue weighted by Gasteiger charge is 2.10. The number of hydrogen-bond donors (Lipinski definition) is 1. The number of halogens is 1. The zero-order chi connectivity index (χ0) is 16.8. The highest BCUT2D eigenvalue weighted by Crippen LogP contribution is 2.22. The van der Waals surface area contributed by atoms with Crippen LogP contribution in [0.1, 0.15) is 15.9 Å². The molecule has 0 aliphatic rings. The van der Waals surface area contributed by atoms with E-state index in [4.69, 9.17) is 16.3 Å². The van der Waals surface area contributed by atoms with Crippen molar-refractivity contribution < 1.29 is 14.5 Å². The van der Waals surface area contributed by atoms with E-state index >= 15 is 0 Å². The molecule has 0 aliphatic heterocycles. The Morgan fingerprint density at radius 3 is 2.61 bits per heavy atom. The number of hydrogen-bond acceptors (Lipinski definition) is 5. The molecule has 0 aromatic heterocycles. The number of non-ortho nitro benzene ring substituents is 1. The Balaban J connectivity index is 2.13. The van der Waals surface area contributed by atoms with Gasteiger partial charge in [-0.2, -0.15) is 5.10 Å². The van der Waals surface area contributed by atoms with E-state index in [0.717, 1.165) is 0 Å². The van der Waals surface area contributed by atoms with Crippen molar-refractivity contribution in [2.75, 3.05) is 7.11 Å². The molecule has 8 heteroatoms. The van der Waals surface area contributed by atoms with Gasteiger partial charge in [0.2, 0.25) is 0 Å². The predicted molar refractivity (Wildman–Crippen MR) is 86.2 cm³/mol. The minimum Gasteiger partial charge on any atom is -0.496 e. The molecule has 2 rings (SSSR count). The van der Waals surface area contributed by atoms with Crippen LogP contribution in [0.4, 0.5) is 5.69 Å². The Hall–Kier alpha value is -2.93. The summed E-state index contributed by atoms with van der Waals surface area (Å²) in [7, 11) is 1.44. The van der Waals surface area contributed by atoms with Crippen LogP contribution < -0.4 is 10.2 Å². The SMILES string of the molecule is COc1ccc([N+](=O)[O-])cc1/C=N\NC(=O)c1ccc(Cl)cc1. The number of amides is 1. The summed E-state index contributed by atoms with van der Waals surface area (Å²) in [5, 5.41) is 15.1. The van der Waals surface area contributed by atoms with Crippen LogP contribution in [0.5, 0.6) is 5.75 Å². The molecule has 7 nitrogen and oxygen atoms in total. The largest absolute Gasteiger partial charge is 0.496 e. The van der Waals surface area contributed by atoms with Crippen molar-refractivity contribution in [3.8, 4) is 5.75 Å². The molecule has 0 heterocycles. The zero-order valence-corrected chi connectivity index (χ0v) is 12.8. The fourth-order valence-electron chi connectivity index (χ4n) is 1.76. The van der Waals surface area contributed by atoms with Gasteiger partial charge in [-0.1, -0.05) is 11.6 Å². The number of nitrogens with one attached hydrogen (secondary N) is 1. The Morgan fingerprint density at radius 1 is 1.30 bits per heavy atom. The van der Waals surface area contributed by atoms with Gasteiger partial charge in [-0.25, -0.2) is 5.43 Å². The topological polar surface area (TPSA) is 93.8 Å². The standard InChI is InChI=1S/C15H12ClN3O4/c1-23-14-7-6-13(19(21)22)8-11(14)9-17-18-15(20)10-2-4-12(16)5-3-10/h2-9H,1H3,(H,18,20)/b17-9-. The maximum absolute atomic E-state index is 11.9. The molecule has 0 spiro atoms. The summed E-state index contributed by atoms with van der Waals surface area (Å²) in [4.78, 5) is 22.1. The van der Waals surface area contributed by atoms with Crippen molar-refractivity contribution in [1.82, 2.24) is 5.43 Å². The first-order chi connectivity index (χ1) is 11.0. The summed E-state index contributed by atoms with van der Waals surface area (Å²) < 4.78 is 5.09. The second kappa shape index (κ2) is 7.37. The lowest BCUT2D eigenvalue weighted by molar-refractivity contribution is -0.384. The van der Waals surface area contributed by atoms with Crippen LogP contribution in [0, 0.1) is 10.1 Å². The number of nitro benzene ring substituents is 1. The molecule has 0 unspecified atom stereocenters. The smallest absolute Gasteiger partial charge is 0.271 e. The zero-order valence-electron chi connectivity index (χ0n) is 12.0. The lowest BCUT2D eigenvalue weighted by Crippen LogP contribution is -2.17. The van der Waals surface area contributed by atoms with Gasteiger partial charge in [0.1, 0.15) is 5.75 Å². The van der Waals surface area contributed by atoms with Crippen molar-refractivity contribution in [3.05, 3.63) is 68.7 Å². The molecular weight excluding hydrogens is 322 g/mol. The van der Waals surface area contributed by atoms with E-state index in [-0.39, 0.29) is 5.69 Å². The van der Waals surface area contributed by atoms with Gasteiger partial charge < -0.3 is 4.74 Å². The monoisotopic (exact) mass is 333 g/mol. The number of hydrazone groups is 1. The van der Waals surface area contributed by atoms with Crippen LogP contribution in [-0.2, 0) is 0 Å². The first-order valence-electron chi connectivity index (χ1n) is 6.42. The summed E-state index contributed by atoms with van der Waals surface area (Å²) in [6, 6.07) is 10.4. The number of rotatable bonds is 5. The molecule has 23 heavy (non-hydrogen) atoms. The maximum Gasteiger partial charge on any atom is 0.271 e. The molecule has 0 bridgehead atoms. The van der Waals surface area contributed by atoms with E-state index in [1.807, 2.05) is 0 Å². The summed E-state index contributed by atoms with van der Waals surface area (Å²) >= 11 is 5.74. The van der Waals surface area contributed by atoms with Gasteiger partial charge in [0.25, 0.3) is 11.6 Å². The van der Waals surface area contributed by atoms with Gasteiger partial charge in [0.05, 0.1) is 18.2 Å². The Kier molecular flexibility index (Phi) is 5.27. The maximum atomic E-state index is 11.9. The minimum atomic E-state index is -0.525. The molecule has 1 amide bonds. The van der Waals surface area contributed by atoms with Crippen LogP contribution in [0.2, 0.25) is 5.02 Å². The molecule has 0 aliphatic carbocycles. The summed E-state index contributed by atoms with van der Waals surface area (Å²) in [5.74, 6) is -0.0255. The number of carbonyl (C=O) groups is 1. The van der Waals surface area contributed by atoms with Crippen LogP contribution in [0.15, 0.2) is 47.6 Å². The molecule has 0 radical (unpaired) electrons. The van der Waals surface area contributed by atoms with Crippen LogP contribution in [0.25, 0.3) is 0 Å². The summed E-state index contributed by atoms with van der Waals surface area (Å²) in [5.41, 5.74) is 2.99. The van der Waals surface area contributed by atoms with E-state index in [0.29, 0.717) is 21.9 Å². The van der Waals surface area contributed by atoms with E-state index in [1.54, 1.807) is 24.3 Å². The quantitative estimate of drug-likeness (QED) is 0.517. The predicted octanol–water partition coefficient (Wildman–Crippen LogP) is 3.02. The minimum absolute atomic E-state index is 0.101. The van der Waals surface area contributed by atoms with E-state index in [1.165, 1.54) is 31.5 Å². The third kappa shape index (κ3) is 4.27. The van der Waals surface area contributed by atoms with Crippen LogP contribution in [-0.4, -0.2) is 24.2 Å². The average molecular weight is 334 g/mol. The number of nitrogens with zero attached hydrogens (tertiary/aromatic N) is 2. The normalized spacial score (nSPS) is 10.5. The molecule has 0 atom stereocenters. The van der Waals surface area contributed by atoms with Gasteiger partial charge >= 0.3 is 0 Å². The van der Waals surface area contributed by atoms with Crippen molar-refractivity contribution >= 4 is 29.4 Å². The molecule has 1 N–H and O–H groups in total. The molecular formula is C15H12ClN3O4. The van der Waals surface area contributed by atoms with E-state index in [9.17, 15) is 14.9 Å².